The lowest BCUT2D eigenvalue weighted by Crippen LogP contribution is -1.97. The number of esters is 1. The molecule has 1 aromatic rings. The van der Waals surface area contributed by atoms with Gasteiger partial charge in [-0.1, -0.05) is 0 Å². The van der Waals surface area contributed by atoms with Crippen molar-refractivity contribution in [3.63, 3.8) is 0 Å². The normalized spacial score (nSPS) is 9.31. The minimum Gasteiger partial charge on any atom is -0.465 e. The maximum absolute atomic E-state index is 11.0. The third kappa shape index (κ3) is 2.36. The van der Waals surface area contributed by atoms with Gasteiger partial charge < -0.3 is 4.74 Å². The Balaban J connectivity index is 3.17. The van der Waals surface area contributed by atoms with Crippen LogP contribution in [0.2, 0.25) is 0 Å². The monoisotopic (exact) mass is 219 g/mol. The van der Waals surface area contributed by atoms with Crippen LogP contribution in [0, 0.1) is 0 Å². The number of methoxy groups -OCH3 is 1. The molecule has 0 fully saturated rings. The summed E-state index contributed by atoms with van der Waals surface area (Å²) in [5.41, 5.74) is 0.116. The van der Waals surface area contributed by atoms with E-state index in [0.29, 0.717) is 0 Å². The van der Waals surface area contributed by atoms with Gasteiger partial charge in [0.2, 0.25) is 0 Å². The molecule has 0 spiro atoms. The third-order valence-electron chi connectivity index (χ3n) is 1.19. The van der Waals surface area contributed by atoms with Gasteiger partial charge in [-0.3, -0.25) is 0 Å². The van der Waals surface area contributed by atoms with Crippen LogP contribution in [0.25, 0.3) is 0 Å². The number of nitrogens with zero attached hydrogens (tertiary/aromatic N) is 1. The molecule has 1 heterocycles. The lowest BCUT2D eigenvalue weighted by atomic mass is 10.4. The summed E-state index contributed by atoms with van der Waals surface area (Å²) in [6, 6.07) is 1.44. The molecule has 0 aliphatic heterocycles. The summed E-state index contributed by atoms with van der Waals surface area (Å²) in [6.45, 7) is 0. The van der Waals surface area contributed by atoms with Crippen LogP contribution in [-0.4, -0.2) is 21.5 Å². The van der Waals surface area contributed by atoms with Gasteiger partial charge in [-0.2, -0.15) is 8.42 Å². The fourth-order valence-corrected chi connectivity index (χ4v) is 1.82. The zero-order valence-corrected chi connectivity index (χ0v) is 8.18. The third-order valence-corrected chi connectivity index (χ3v) is 2.42. The predicted molar refractivity (Wildman–Crippen MR) is 46.7 cm³/mol. The minimum absolute atomic E-state index is 0.116. The fourth-order valence-electron chi connectivity index (χ4n) is 0.700. The standard InChI is InChI=1S/C6H5NO4S2/c1-11-6(8)5-4(2-3-12-5)7-13(9)10/h2-3H,1H3. The van der Waals surface area contributed by atoms with Gasteiger partial charge in [0.1, 0.15) is 10.6 Å². The second-order valence-electron chi connectivity index (χ2n) is 1.93. The highest BCUT2D eigenvalue weighted by atomic mass is 32.2. The molecule has 0 radical (unpaired) electrons. The minimum atomic E-state index is -2.55. The maximum Gasteiger partial charge on any atom is 0.350 e. The number of hydrogen-bond donors (Lipinski definition) is 0. The van der Waals surface area contributed by atoms with Crippen LogP contribution in [0.3, 0.4) is 0 Å². The molecule has 0 N–H and O–H groups in total. The molecule has 0 aromatic carbocycles. The van der Waals surface area contributed by atoms with Crippen LogP contribution in [0.15, 0.2) is 15.8 Å². The lowest BCUT2D eigenvalue weighted by Gasteiger charge is -1.93. The van der Waals surface area contributed by atoms with Gasteiger partial charge in [0, 0.05) is 0 Å². The summed E-state index contributed by atoms with van der Waals surface area (Å²) in [5.74, 6) is -0.584. The van der Waals surface area contributed by atoms with Gasteiger partial charge in [0.15, 0.2) is 0 Å². The Hall–Kier alpha value is -1.21. The Bertz CT molecular complexity index is 437. The highest BCUT2D eigenvalue weighted by Crippen LogP contribution is 2.25. The van der Waals surface area contributed by atoms with Crippen LogP contribution >= 0.6 is 11.3 Å². The van der Waals surface area contributed by atoms with Crippen molar-refractivity contribution in [1.82, 2.24) is 0 Å². The summed E-state index contributed by atoms with van der Waals surface area (Å²) in [4.78, 5) is 11.2. The molecule has 0 aliphatic rings. The molecule has 0 bridgehead atoms. The molecular formula is C6H5NO4S2. The largest absolute Gasteiger partial charge is 0.465 e. The zero-order valence-electron chi connectivity index (χ0n) is 6.55. The second kappa shape index (κ2) is 4.15. The van der Waals surface area contributed by atoms with E-state index in [1.807, 2.05) is 0 Å². The van der Waals surface area contributed by atoms with E-state index in [9.17, 15) is 13.2 Å². The number of carbonyl (C=O) groups excluding carboxylic acids is 1. The van der Waals surface area contributed by atoms with Crippen molar-refractivity contribution >= 4 is 33.5 Å². The number of thiophene rings is 1. The van der Waals surface area contributed by atoms with E-state index >= 15 is 0 Å². The summed E-state index contributed by atoms with van der Waals surface area (Å²) in [6.07, 6.45) is 0. The molecule has 70 valence electrons. The zero-order chi connectivity index (χ0) is 9.84. The Morgan fingerprint density at radius 3 is 2.85 bits per heavy atom. The first kappa shape index (κ1) is 9.87. The maximum atomic E-state index is 11.0. The number of ether oxygens (including phenoxy) is 1. The highest BCUT2D eigenvalue weighted by Gasteiger charge is 2.12. The first-order valence-corrected chi connectivity index (χ1v) is 5.03. The molecule has 7 heteroatoms. The Morgan fingerprint density at radius 1 is 1.62 bits per heavy atom. The van der Waals surface area contributed by atoms with Gasteiger partial charge in [-0.05, 0) is 11.4 Å². The first-order chi connectivity index (χ1) is 6.15. The smallest absolute Gasteiger partial charge is 0.350 e. The molecular weight excluding hydrogens is 214 g/mol. The van der Waals surface area contributed by atoms with Crippen molar-refractivity contribution in [2.45, 2.75) is 0 Å². The van der Waals surface area contributed by atoms with E-state index in [-0.39, 0.29) is 10.6 Å². The molecule has 1 aromatic heterocycles. The molecule has 1 rings (SSSR count). The van der Waals surface area contributed by atoms with Gasteiger partial charge in [-0.25, -0.2) is 4.79 Å². The quantitative estimate of drug-likeness (QED) is 0.701. The van der Waals surface area contributed by atoms with Crippen molar-refractivity contribution in [3.8, 4) is 0 Å². The molecule has 0 saturated heterocycles. The van der Waals surface area contributed by atoms with Crippen molar-refractivity contribution < 1.29 is 17.9 Å². The number of carbonyl (C=O) groups is 1. The SMILES string of the molecule is COC(=O)c1sccc1N=S(=O)=O. The number of rotatable bonds is 2. The molecule has 5 nitrogen and oxygen atoms in total. The van der Waals surface area contributed by atoms with E-state index in [2.05, 4.69) is 9.10 Å². The van der Waals surface area contributed by atoms with Crippen LogP contribution in [0.5, 0.6) is 0 Å². The Morgan fingerprint density at radius 2 is 2.31 bits per heavy atom. The summed E-state index contributed by atoms with van der Waals surface area (Å²) in [7, 11) is -1.33. The predicted octanol–water partition coefficient (Wildman–Crippen LogP) is 1.23. The highest BCUT2D eigenvalue weighted by molar-refractivity contribution is 7.61. The Labute approximate surface area is 79.7 Å². The van der Waals surface area contributed by atoms with E-state index in [4.69, 9.17) is 0 Å². The molecule has 0 atom stereocenters. The molecule has 0 amide bonds. The fraction of sp³-hybridized carbons (Fsp3) is 0.167. The van der Waals surface area contributed by atoms with Crippen LogP contribution in [-0.2, 0) is 15.2 Å². The van der Waals surface area contributed by atoms with Gasteiger partial charge in [0.25, 0.3) is 0 Å². The topological polar surface area (TPSA) is 72.8 Å². The average molecular weight is 219 g/mol. The first-order valence-electron chi connectivity index (χ1n) is 3.12. The van der Waals surface area contributed by atoms with E-state index in [1.165, 1.54) is 13.2 Å². The van der Waals surface area contributed by atoms with Crippen molar-refractivity contribution in [1.29, 1.82) is 0 Å². The molecule has 0 saturated carbocycles. The van der Waals surface area contributed by atoms with Crippen molar-refractivity contribution in [2.24, 2.45) is 4.36 Å². The van der Waals surface area contributed by atoms with Gasteiger partial charge in [0.05, 0.1) is 7.11 Å². The van der Waals surface area contributed by atoms with Crippen molar-refractivity contribution in [3.05, 3.63) is 16.3 Å². The average Bonchev–Trinajstić information content (AvgIpc) is 2.50. The summed E-state index contributed by atoms with van der Waals surface area (Å²) in [5, 5.41) is 1.57. The Kier molecular flexibility index (Phi) is 3.15. The summed E-state index contributed by atoms with van der Waals surface area (Å²) >= 11 is 1.08. The van der Waals surface area contributed by atoms with Crippen LogP contribution in [0.4, 0.5) is 5.69 Å². The second-order valence-corrected chi connectivity index (χ2v) is 3.47. The van der Waals surface area contributed by atoms with Crippen LogP contribution in [0.1, 0.15) is 9.67 Å². The molecule has 0 unspecified atom stereocenters. The number of hydrogen-bond acceptors (Lipinski definition) is 6. The van der Waals surface area contributed by atoms with Gasteiger partial charge >= 0.3 is 16.5 Å². The van der Waals surface area contributed by atoms with Crippen molar-refractivity contribution in [2.75, 3.05) is 7.11 Å². The molecule has 13 heavy (non-hydrogen) atoms. The van der Waals surface area contributed by atoms with E-state index in [0.717, 1.165) is 11.3 Å². The molecule has 0 aliphatic carbocycles. The van der Waals surface area contributed by atoms with E-state index in [1.54, 1.807) is 5.38 Å². The van der Waals surface area contributed by atoms with Crippen LogP contribution < -0.4 is 0 Å². The lowest BCUT2D eigenvalue weighted by molar-refractivity contribution is 0.0607. The van der Waals surface area contributed by atoms with E-state index < -0.39 is 16.5 Å². The summed E-state index contributed by atoms with van der Waals surface area (Å²) < 4.78 is 28.1. The van der Waals surface area contributed by atoms with Gasteiger partial charge in [-0.15, -0.1) is 15.7 Å².